The van der Waals surface area contributed by atoms with Crippen molar-refractivity contribution in [3.63, 3.8) is 0 Å². The van der Waals surface area contributed by atoms with E-state index >= 15 is 0 Å². The van der Waals surface area contributed by atoms with Crippen molar-refractivity contribution in [2.45, 2.75) is 0 Å². The number of hydrogen-bond donors (Lipinski definition) is 1. The molecule has 0 amide bonds. The smallest absolute Gasteiger partial charge is 0.125 e. The summed E-state index contributed by atoms with van der Waals surface area (Å²) in [5.74, 6) is -0.286. The molecule has 12 heavy (non-hydrogen) atoms. The highest BCUT2D eigenvalue weighted by Gasteiger charge is 1.98. The van der Waals surface area contributed by atoms with Crippen molar-refractivity contribution in [3.05, 3.63) is 42.2 Å². The van der Waals surface area contributed by atoms with Gasteiger partial charge < -0.3 is 5.73 Å². The fourth-order valence-corrected chi connectivity index (χ4v) is 1.30. The summed E-state index contributed by atoms with van der Waals surface area (Å²) in [6, 6.07) is 10.3. The SMILES string of the molecule is Nc1cc(F)cc2ccccc12. The zero-order chi connectivity index (χ0) is 8.55. The summed E-state index contributed by atoms with van der Waals surface area (Å²) in [6.45, 7) is 0. The van der Waals surface area contributed by atoms with Crippen molar-refractivity contribution in [1.82, 2.24) is 0 Å². The number of nitrogens with two attached hydrogens (primary N) is 1. The van der Waals surface area contributed by atoms with E-state index in [4.69, 9.17) is 5.73 Å². The van der Waals surface area contributed by atoms with Gasteiger partial charge in [0.05, 0.1) is 0 Å². The van der Waals surface area contributed by atoms with E-state index in [1.165, 1.54) is 12.1 Å². The van der Waals surface area contributed by atoms with Crippen molar-refractivity contribution in [2.24, 2.45) is 0 Å². The molecule has 2 aromatic carbocycles. The third-order valence-corrected chi connectivity index (χ3v) is 1.86. The molecule has 0 aliphatic carbocycles. The zero-order valence-corrected chi connectivity index (χ0v) is 6.42. The molecule has 0 aromatic heterocycles. The van der Waals surface area contributed by atoms with E-state index < -0.39 is 0 Å². The van der Waals surface area contributed by atoms with Gasteiger partial charge in [0.2, 0.25) is 0 Å². The maximum atomic E-state index is 12.8. The minimum absolute atomic E-state index is 0.286. The molecule has 0 aliphatic rings. The summed E-state index contributed by atoms with van der Waals surface area (Å²) in [6.07, 6.45) is 0. The highest BCUT2D eigenvalue weighted by atomic mass is 19.1. The molecule has 0 saturated carbocycles. The first-order valence-electron chi connectivity index (χ1n) is 3.71. The fraction of sp³-hybridized carbons (Fsp3) is 0. The lowest BCUT2D eigenvalue weighted by Crippen LogP contribution is -1.88. The lowest BCUT2D eigenvalue weighted by molar-refractivity contribution is 0.630. The van der Waals surface area contributed by atoms with Gasteiger partial charge in [0.25, 0.3) is 0 Å². The Morgan fingerprint density at radius 1 is 1.08 bits per heavy atom. The summed E-state index contributed by atoms with van der Waals surface area (Å²) >= 11 is 0. The highest BCUT2D eigenvalue weighted by Crippen LogP contribution is 2.21. The number of hydrogen-bond acceptors (Lipinski definition) is 1. The molecule has 2 aromatic rings. The Morgan fingerprint density at radius 3 is 2.67 bits per heavy atom. The molecule has 0 radical (unpaired) electrons. The average Bonchev–Trinajstić information content (AvgIpc) is 2.04. The quantitative estimate of drug-likeness (QED) is 0.590. The highest BCUT2D eigenvalue weighted by molar-refractivity contribution is 5.92. The minimum Gasteiger partial charge on any atom is -0.398 e. The first kappa shape index (κ1) is 7.10. The van der Waals surface area contributed by atoms with E-state index in [-0.39, 0.29) is 5.82 Å². The van der Waals surface area contributed by atoms with Crippen molar-refractivity contribution < 1.29 is 4.39 Å². The van der Waals surface area contributed by atoms with Gasteiger partial charge in [-0.2, -0.15) is 0 Å². The third kappa shape index (κ3) is 1.01. The van der Waals surface area contributed by atoms with Gasteiger partial charge in [0.15, 0.2) is 0 Å². The first-order valence-corrected chi connectivity index (χ1v) is 3.71. The Labute approximate surface area is 69.6 Å². The summed E-state index contributed by atoms with van der Waals surface area (Å²) < 4.78 is 12.8. The standard InChI is InChI=1S/C10H8FN/c11-8-5-7-3-1-2-4-9(7)10(12)6-8/h1-6H,12H2. The van der Waals surface area contributed by atoms with Gasteiger partial charge in [0.1, 0.15) is 5.82 Å². The van der Waals surface area contributed by atoms with Gasteiger partial charge in [-0.3, -0.25) is 0 Å². The lowest BCUT2D eigenvalue weighted by atomic mass is 10.1. The molecule has 0 unspecified atom stereocenters. The Balaban J connectivity index is 2.89. The molecule has 2 N–H and O–H groups in total. The van der Waals surface area contributed by atoms with Gasteiger partial charge in [-0.25, -0.2) is 4.39 Å². The van der Waals surface area contributed by atoms with Gasteiger partial charge in [-0.15, -0.1) is 0 Å². The van der Waals surface area contributed by atoms with Gasteiger partial charge in [-0.05, 0) is 17.5 Å². The molecule has 0 saturated heterocycles. The van der Waals surface area contributed by atoms with Crippen LogP contribution in [0.2, 0.25) is 0 Å². The topological polar surface area (TPSA) is 26.0 Å². The number of benzene rings is 2. The summed E-state index contributed by atoms with van der Waals surface area (Å²) in [7, 11) is 0. The molecular weight excluding hydrogens is 153 g/mol. The van der Waals surface area contributed by atoms with E-state index in [9.17, 15) is 4.39 Å². The van der Waals surface area contributed by atoms with Crippen LogP contribution in [0.25, 0.3) is 10.8 Å². The number of halogens is 1. The summed E-state index contributed by atoms with van der Waals surface area (Å²) in [5.41, 5.74) is 6.11. The second-order valence-electron chi connectivity index (χ2n) is 2.72. The van der Waals surface area contributed by atoms with E-state index in [0.29, 0.717) is 5.69 Å². The minimum atomic E-state index is -0.286. The van der Waals surface area contributed by atoms with E-state index in [2.05, 4.69) is 0 Å². The molecule has 60 valence electrons. The monoisotopic (exact) mass is 161 g/mol. The van der Waals surface area contributed by atoms with Crippen LogP contribution in [0.5, 0.6) is 0 Å². The van der Waals surface area contributed by atoms with Crippen molar-refractivity contribution in [1.29, 1.82) is 0 Å². The average molecular weight is 161 g/mol. The molecule has 2 rings (SSSR count). The maximum Gasteiger partial charge on any atom is 0.125 e. The van der Waals surface area contributed by atoms with Crippen LogP contribution >= 0.6 is 0 Å². The predicted octanol–water partition coefficient (Wildman–Crippen LogP) is 2.56. The van der Waals surface area contributed by atoms with Crippen molar-refractivity contribution in [3.8, 4) is 0 Å². The Morgan fingerprint density at radius 2 is 1.83 bits per heavy atom. The number of anilines is 1. The van der Waals surface area contributed by atoms with Gasteiger partial charge in [0, 0.05) is 11.1 Å². The van der Waals surface area contributed by atoms with E-state index in [0.717, 1.165) is 10.8 Å². The molecule has 0 spiro atoms. The maximum absolute atomic E-state index is 12.8. The van der Waals surface area contributed by atoms with Gasteiger partial charge in [-0.1, -0.05) is 24.3 Å². The van der Waals surface area contributed by atoms with Gasteiger partial charge >= 0.3 is 0 Å². The van der Waals surface area contributed by atoms with Crippen LogP contribution in [0.3, 0.4) is 0 Å². The van der Waals surface area contributed by atoms with Crippen LogP contribution in [0, 0.1) is 5.82 Å². The van der Waals surface area contributed by atoms with Crippen molar-refractivity contribution in [2.75, 3.05) is 5.73 Å². The van der Waals surface area contributed by atoms with Crippen LogP contribution in [-0.2, 0) is 0 Å². The molecule has 1 nitrogen and oxygen atoms in total. The predicted molar refractivity (Wildman–Crippen MR) is 48.3 cm³/mol. The van der Waals surface area contributed by atoms with Crippen LogP contribution in [0.4, 0.5) is 10.1 Å². The molecule has 0 fully saturated rings. The fourth-order valence-electron chi connectivity index (χ4n) is 1.30. The van der Waals surface area contributed by atoms with E-state index in [1.807, 2.05) is 24.3 Å². The second-order valence-corrected chi connectivity index (χ2v) is 2.72. The van der Waals surface area contributed by atoms with Crippen LogP contribution < -0.4 is 5.73 Å². The van der Waals surface area contributed by atoms with Crippen molar-refractivity contribution >= 4 is 16.5 Å². The Kier molecular flexibility index (Phi) is 1.47. The second kappa shape index (κ2) is 2.48. The molecule has 0 bridgehead atoms. The molecule has 2 heteroatoms. The zero-order valence-electron chi connectivity index (χ0n) is 6.42. The van der Waals surface area contributed by atoms with Crippen LogP contribution in [0.15, 0.2) is 36.4 Å². The summed E-state index contributed by atoms with van der Waals surface area (Å²) in [4.78, 5) is 0. The molecule has 0 aliphatic heterocycles. The largest absolute Gasteiger partial charge is 0.398 e. The third-order valence-electron chi connectivity index (χ3n) is 1.86. The van der Waals surface area contributed by atoms with E-state index in [1.54, 1.807) is 0 Å². The molecule has 0 heterocycles. The summed E-state index contributed by atoms with van der Waals surface area (Å²) in [5, 5.41) is 1.74. The van der Waals surface area contributed by atoms with Crippen LogP contribution in [0.1, 0.15) is 0 Å². The van der Waals surface area contributed by atoms with Crippen LogP contribution in [-0.4, -0.2) is 0 Å². The molecule has 0 atom stereocenters. The normalized spacial score (nSPS) is 10.4. The number of rotatable bonds is 0. The lowest BCUT2D eigenvalue weighted by Gasteiger charge is -2.00. The first-order chi connectivity index (χ1) is 5.77. The Bertz CT molecular complexity index is 423. The Hall–Kier alpha value is -1.57. The molecular formula is C10H8FN. The number of fused-ring (bicyclic) bond motifs is 1. The number of nitrogen functional groups attached to an aromatic ring is 1.